The highest BCUT2D eigenvalue weighted by Crippen LogP contribution is 2.24. The maximum Gasteiger partial charge on any atom is 0.257 e. The van der Waals surface area contributed by atoms with Gasteiger partial charge in [0.2, 0.25) is 0 Å². The van der Waals surface area contributed by atoms with Crippen molar-refractivity contribution in [3.05, 3.63) is 82.6 Å². The predicted molar refractivity (Wildman–Crippen MR) is 104 cm³/mol. The van der Waals surface area contributed by atoms with Gasteiger partial charge in [0.25, 0.3) is 5.91 Å². The lowest BCUT2D eigenvalue weighted by atomic mass is 10.1. The summed E-state index contributed by atoms with van der Waals surface area (Å²) in [7, 11) is 0. The molecule has 1 atom stereocenters. The van der Waals surface area contributed by atoms with Crippen LogP contribution in [0.2, 0.25) is 5.02 Å². The summed E-state index contributed by atoms with van der Waals surface area (Å²) in [6, 6.07) is 17.4. The summed E-state index contributed by atoms with van der Waals surface area (Å²) in [5.74, 6) is -0.0231. The highest BCUT2D eigenvalue weighted by Gasteiger charge is 2.28. The van der Waals surface area contributed by atoms with Crippen LogP contribution >= 0.6 is 11.6 Å². The Morgan fingerprint density at radius 2 is 2.00 bits per heavy atom. The van der Waals surface area contributed by atoms with E-state index in [0.717, 1.165) is 16.9 Å². The minimum absolute atomic E-state index is 0.0231. The molecule has 1 aromatic heterocycles. The second-order valence-corrected chi connectivity index (χ2v) is 6.99. The standard InChI is InChI=1S/C21H20ClN3O2/c1-15-19(13-23-25(15)18-9-5-8-17(22)12-18)21(26)24-10-11-27-20(14-24)16-6-3-2-4-7-16/h2-9,12-13,20H,10-11,14H2,1H3. The van der Waals surface area contributed by atoms with Gasteiger partial charge < -0.3 is 9.64 Å². The fourth-order valence-corrected chi connectivity index (χ4v) is 3.55. The molecule has 4 rings (SSSR count). The number of carbonyl (C=O) groups excluding carboxylic acids is 1. The number of carbonyl (C=O) groups is 1. The molecular weight excluding hydrogens is 362 g/mol. The van der Waals surface area contributed by atoms with Crippen LogP contribution in [0.4, 0.5) is 0 Å². The predicted octanol–water partition coefficient (Wildman–Crippen LogP) is 4.05. The Morgan fingerprint density at radius 3 is 2.78 bits per heavy atom. The van der Waals surface area contributed by atoms with Gasteiger partial charge in [-0.2, -0.15) is 5.10 Å². The Morgan fingerprint density at radius 1 is 1.19 bits per heavy atom. The molecule has 0 N–H and O–H groups in total. The van der Waals surface area contributed by atoms with E-state index in [-0.39, 0.29) is 12.0 Å². The molecule has 2 aromatic carbocycles. The Kier molecular flexibility index (Phi) is 4.97. The Labute approximate surface area is 163 Å². The number of benzene rings is 2. The van der Waals surface area contributed by atoms with Crippen molar-refractivity contribution in [2.75, 3.05) is 19.7 Å². The average Bonchev–Trinajstić information content (AvgIpc) is 3.09. The van der Waals surface area contributed by atoms with E-state index in [9.17, 15) is 4.79 Å². The third-order valence-corrected chi connectivity index (χ3v) is 5.05. The molecular formula is C21H20ClN3O2. The summed E-state index contributed by atoms with van der Waals surface area (Å²) < 4.78 is 7.61. The van der Waals surface area contributed by atoms with Crippen LogP contribution in [0.5, 0.6) is 0 Å². The fraction of sp³-hybridized carbons (Fsp3) is 0.238. The summed E-state index contributed by atoms with van der Waals surface area (Å²) in [5.41, 5.74) is 3.32. The third-order valence-electron chi connectivity index (χ3n) is 4.82. The monoisotopic (exact) mass is 381 g/mol. The van der Waals surface area contributed by atoms with Gasteiger partial charge in [0.05, 0.1) is 36.3 Å². The second-order valence-electron chi connectivity index (χ2n) is 6.56. The van der Waals surface area contributed by atoms with Crippen LogP contribution in [-0.4, -0.2) is 40.3 Å². The van der Waals surface area contributed by atoms with Crippen LogP contribution in [0.15, 0.2) is 60.8 Å². The van der Waals surface area contributed by atoms with Crippen molar-refractivity contribution in [3.63, 3.8) is 0 Å². The molecule has 27 heavy (non-hydrogen) atoms. The topological polar surface area (TPSA) is 47.4 Å². The molecule has 0 aliphatic carbocycles. The van der Waals surface area contributed by atoms with Gasteiger partial charge in [-0.15, -0.1) is 0 Å². The first-order chi connectivity index (χ1) is 13.1. The Hall–Kier alpha value is -2.63. The van der Waals surface area contributed by atoms with Gasteiger partial charge in [-0.25, -0.2) is 4.68 Å². The van der Waals surface area contributed by atoms with Gasteiger partial charge in [-0.3, -0.25) is 4.79 Å². The number of rotatable bonds is 3. The average molecular weight is 382 g/mol. The number of amides is 1. The van der Waals surface area contributed by atoms with Crippen molar-refractivity contribution in [2.45, 2.75) is 13.0 Å². The molecule has 1 unspecified atom stereocenters. The zero-order valence-electron chi connectivity index (χ0n) is 15.0. The zero-order chi connectivity index (χ0) is 18.8. The second kappa shape index (κ2) is 7.55. The molecule has 0 saturated carbocycles. The van der Waals surface area contributed by atoms with Crippen LogP contribution in [0, 0.1) is 6.92 Å². The number of nitrogens with zero attached hydrogens (tertiary/aromatic N) is 3. The van der Waals surface area contributed by atoms with Crippen LogP contribution in [0.25, 0.3) is 5.69 Å². The molecule has 1 aliphatic heterocycles. The molecule has 6 heteroatoms. The molecule has 3 aromatic rings. The number of hydrogen-bond donors (Lipinski definition) is 0. The molecule has 1 aliphatic rings. The normalized spacial score (nSPS) is 17.1. The number of hydrogen-bond acceptors (Lipinski definition) is 3. The molecule has 5 nitrogen and oxygen atoms in total. The lowest BCUT2D eigenvalue weighted by Crippen LogP contribution is -2.42. The van der Waals surface area contributed by atoms with Crippen LogP contribution < -0.4 is 0 Å². The lowest BCUT2D eigenvalue weighted by Gasteiger charge is -2.33. The maximum atomic E-state index is 13.1. The first-order valence-electron chi connectivity index (χ1n) is 8.90. The van der Waals surface area contributed by atoms with E-state index in [1.165, 1.54) is 0 Å². The summed E-state index contributed by atoms with van der Waals surface area (Å²) in [6.45, 7) is 3.53. The van der Waals surface area contributed by atoms with E-state index in [4.69, 9.17) is 16.3 Å². The van der Waals surface area contributed by atoms with Crippen LogP contribution in [0.3, 0.4) is 0 Å². The summed E-state index contributed by atoms with van der Waals surface area (Å²) in [6.07, 6.45) is 1.53. The van der Waals surface area contributed by atoms with E-state index in [1.807, 2.05) is 66.4 Å². The number of ether oxygens (including phenoxy) is 1. The summed E-state index contributed by atoms with van der Waals surface area (Å²) in [5, 5.41) is 5.03. The lowest BCUT2D eigenvalue weighted by molar-refractivity contribution is -0.0228. The molecule has 0 bridgehead atoms. The van der Waals surface area contributed by atoms with E-state index < -0.39 is 0 Å². The van der Waals surface area contributed by atoms with Crippen LogP contribution in [-0.2, 0) is 4.74 Å². The smallest absolute Gasteiger partial charge is 0.257 e. The summed E-state index contributed by atoms with van der Waals surface area (Å²) >= 11 is 6.08. The van der Waals surface area contributed by atoms with E-state index >= 15 is 0 Å². The molecule has 1 saturated heterocycles. The minimum atomic E-state index is -0.104. The van der Waals surface area contributed by atoms with Crippen molar-refractivity contribution < 1.29 is 9.53 Å². The first kappa shape index (κ1) is 17.8. The molecule has 0 radical (unpaired) electrons. The van der Waals surface area contributed by atoms with Crippen molar-refractivity contribution in [3.8, 4) is 5.69 Å². The van der Waals surface area contributed by atoms with Gasteiger partial charge in [-0.1, -0.05) is 48.0 Å². The van der Waals surface area contributed by atoms with E-state index in [0.29, 0.717) is 30.3 Å². The first-order valence-corrected chi connectivity index (χ1v) is 9.27. The maximum absolute atomic E-state index is 13.1. The van der Waals surface area contributed by atoms with Crippen molar-refractivity contribution in [1.82, 2.24) is 14.7 Å². The van der Waals surface area contributed by atoms with Gasteiger partial charge >= 0.3 is 0 Å². The highest BCUT2D eigenvalue weighted by molar-refractivity contribution is 6.30. The molecule has 1 fully saturated rings. The number of aromatic nitrogens is 2. The van der Waals surface area contributed by atoms with Crippen molar-refractivity contribution >= 4 is 17.5 Å². The summed E-state index contributed by atoms with van der Waals surface area (Å²) in [4.78, 5) is 14.9. The van der Waals surface area contributed by atoms with Crippen molar-refractivity contribution in [1.29, 1.82) is 0 Å². The number of halogens is 1. The van der Waals surface area contributed by atoms with Gasteiger partial charge in [-0.05, 0) is 30.7 Å². The quantitative estimate of drug-likeness (QED) is 0.687. The third kappa shape index (κ3) is 3.61. The fourth-order valence-electron chi connectivity index (χ4n) is 3.36. The van der Waals surface area contributed by atoms with E-state index in [2.05, 4.69) is 5.10 Å². The molecule has 0 spiro atoms. The minimum Gasteiger partial charge on any atom is -0.370 e. The van der Waals surface area contributed by atoms with Gasteiger partial charge in [0.15, 0.2) is 0 Å². The van der Waals surface area contributed by atoms with Gasteiger partial charge in [0, 0.05) is 11.6 Å². The van der Waals surface area contributed by atoms with Crippen molar-refractivity contribution in [2.24, 2.45) is 0 Å². The van der Waals surface area contributed by atoms with Crippen LogP contribution in [0.1, 0.15) is 27.7 Å². The van der Waals surface area contributed by atoms with E-state index in [1.54, 1.807) is 10.9 Å². The highest BCUT2D eigenvalue weighted by atomic mass is 35.5. The molecule has 1 amide bonds. The SMILES string of the molecule is Cc1c(C(=O)N2CCOC(c3ccccc3)C2)cnn1-c1cccc(Cl)c1. The number of morpholine rings is 1. The zero-order valence-corrected chi connectivity index (χ0v) is 15.8. The molecule has 2 heterocycles. The Bertz CT molecular complexity index is 955. The molecule has 138 valence electrons. The Balaban J connectivity index is 1.56. The van der Waals surface area contributed by atoms with Gasteiger partial charge in [0.1, 0.15) is 6.10 Å². The largest absolute Gasteiger partial charge is 0.370 e.